The molecule has 5 nitrogen and oxygen atoms in total. The molecule has 2 aromatic rings. The Morgan fingerprint density at radius 3 is 2.50 bits per heavy atom. The molecular formula is C13H12FN3O2S. The third-order valence-electron chi connectivity index (χ3n) is 2.50. The van der Waals surface area contributed by atoms with Crippen LogP contribution in [0.1, 0.15) is 16.1 Å². The molecule has 0 unspecified atom stereocenters. The maximum Gasteiger partial charge on any atom is 0.273 e. The van der Waals surface area contributed by atoms with Crippen molar-refractivity contribution in [1.82, 2.24) is 10.9 Å². The Hall–Kier alpha value is -2.41. The van der Waals surface area contributed by atoms with Gasteiger partial charge in [-0.15, -0.1) is 0 Å². The standard InChI is InChI=1S/C13H12FN3O2S/c1-8-11(6-7-19-8)12(18)16-17-13(20)15-10-4-2-9(14)3-5-10/h2-7H,1H3,(H,16,18)(H2,15,17,20). The zero-order chi connectivity index (χ0) is 14.5. The monoisotopic (exact) mass is 293 g/mol. The molecule has 0 bridgehead atoms. The van der Waals surface area contributed by atoms with E-state index in [0.717, 1.165) is 0 Å². The maximum atomic E-state index is 12.7. The van der Waals surface area contributed by atoms with Gasteiger partial charge in [-0.3, -0.25) is 15.6 Å². The number of hydrazine groups is 1. The van der Waals surface area contributed by atoms with Crippen LogP contribution in [0.15, 0.2) is 41.0 Å². The second kappa shape index (κ2) is 6.16. The van der Waals surface area contributed by atoms with Gasteiger partial charge in [0, 0.05) is 5.69 Å². The summed E-state index contributed by atoms with van der Waals surface area (Å²) in [7, 11) is 0. The Kier molecular flexibility index (Phi) is 4.31. The number of furan rings is 1. The van der Waals surface area contributed by atoms with Gasteiger partial charge in [-0.2, -0.15) is 0 Å². The van der Waals surface area contributed by atoms with E-state index >= 15 is 0 Å². The Morgan fingerprint density at radius 2 is 1.90 bits per heavy atom. The van der Waals surface area contributed by atoms with E-state index in [9.17, 15) is 9.18 Å². The molecule has 1 aromatic carbocycles. The zero-order valence-corrected chi connectivity index (χ0v) is 11.4. The predicted molar refractivity (Wildman–Crippen MR) is 76.7 cm³/mol. The summed E-state index contributed by atoms with van der Waals surface area (Å²) in [4.78, 5) is 11.8. The van der Waals surface area contributed by atoms with Gasteiger partial charge in [0.15, 0.2) is 5.11 Å². The number of nitrogens with one attached hydrogen (secondary N) is 3. The predicted octanol–water partition coefficient (Wildman–Crippen LogP) is 2.36. The van der Waals surface area contributed by atoms with Crippen LogP contribution in [-0.2, 0) is 0 Å². The average Bonchev–Trinajstić information content (AvgIpc) is 2.85. The number of hydrogen-bond donors (Lipinski definition) is 3. The van der Waals surface area contributed by atoms with Gasteiger partial charge in [0.05, 0.1) is 11.8 Å². The van der Waals surface area contributed by atoms with Gasteiger partial charge in [0.1, 0.15) is 11.6 Å². The van der Waals surface area contributed by atoms with Crippen molar-refractivity contribution in [1.29, 1.82) is 0 Å². The van der Waals surface area contributed by atoms with E-state index in [1.54, 1.807) is 13.0 Å². The van der Waals surface area contributed by atoms with Gasteiger partial charge in [-0.1, -0.05) is 0 Å². The highest BCUT2D eigenvalue weighted by atomic mass is 32.1. The normalized spacial score (nSPS) is 9.90. The molecule has 7 heteroatoms. The molecule has 0 saturated carbocycles. The molecule has 1 amide bonds. The number of carbonyl (C=O) groups excluding carboxylic acids is 1. The minimum Gasteiger partial charge on any atom is -0.469 e. The Morgan fingerprint density at radius 1 is 1.20 bits per heavy atom. The summed E-state index contributed by atoms with van der Waals surface area (Å²) in [5.41, 5.74) is 6.00. The van der Waals surface area contributed by atoms with Gasteiger partial charge >= 0.3 is 0 Å². The second-order valence-electron chi connectivity index (χ2n) is 3.93. The molecule has 3 N–H and O–H groups in total. The van der Waals surface area contributed by atoms with Crippen LogP contribution in [-0.4, -0.2) is 11.0 Å². The fraction of sp³-hybridized carbons (Fsp3) is 0.0769. The molecule has 0 saturated heterocycles. The Balaban J connectivity index is 1.85. The molecule has 0 aliphatic carbocycles. The number of hydrogen-bond acceptors (Lipinski definition) is 3. The fourth-order valence-corrected chi connectivity index (χ4v) is 1.67. The van der Waals surface area contributed by atoms with Crippen LogP contribution in [0.2, 0.25) is 0 Å². The van der Waals surface area contributed by atoms with E-state index in [0.29, 0.717) is 17.0 Å². The topological polar surface area (TPSA) is 66.3 Å². The van der Waals surface area contributed by atoms with Crippen molar-refractivity contribution in [2.75, 3.05) is 5.32 Å². The minimum absolute atomic E-state index is 0.186. The van der Waals surface area contributed by atoms with Crippen molar-refractivity contribution in [2.45, 2.75) is 6.92 Å². The smallest absolute Gasteiger partial charge is 0.273 e. The fourth-order valence-electron chi connectivity index (χ4n) is 1.50. The van der Waals surface area contributed by atoms with Crippen molar-refractivity contribution in [2.24, 2.45) is 0 Å². The summed E-state index contributed by atoms with van der Waals surface area (Å²) in [6.07, 6.45) is 1.43. The summed E-state index contributed by atoms with van der Waals surface area (Å²) in [5, 5.41) is 2.99. The van der Waals surface area contributed by atoms with Crippen molar-refractivity contribution < 1.29 is 13.6 Å². The maximum absolute atomic E-state index is 12.7. The van der Waals surface area contributed by atoms with Crippen LogP contribution in [0.3, 0.4) is 0 Å². The summed E-state index contributed by atoms with van der Waals surface area (Å²) < 4.78 is 17.8. The summed E-state index contributed by atoms with van der Waals surface area (Å²) in [6.45, 7) is 1.68. The van der Waals surface area contributed by atoms with Crippen LogP contribution in [0, 0.1) is 12.7 Å². The zero-order valence-electron chi connectivity index (χ0n) is 10.6. The molecule has 0 atom stereocenters. The van der Waals surface area contributed by atoms with Crippen molar-refractivity contribution in [3.05, 3.63) is 53.7 Å². The lowest BCUT2D eigenvalue weighted by Crippen LogP contribution is -2.43. The number of rotatable bonds is 2. The molecule has 0 fully saturated rings. The van der Waals surface area contributed by atoms with E-state index < -0.39 is 0 Å². The van der Waals surface area contributed by atoms with Gasteiger partial charge in [-0.05, 0) is 49.5 Å². The van der Waals surface area contributed by atoms with Crippen LogP contribution >= 0.6 is 12.2 Å². The van der Waals surface area contributed by atoms with Gasteiger partial charge in [0.25, 0.3) is 5.91 Å². The Bertz CT molecular complexity index is 625. The lowest BCUT2D eigenvalue weighted by molar-refractivity contribution is 0.0942. The van der Waals surface area contributed by atoms with Crippen LogP contribution < -0.4 is 16.2 Å². The molecule has 2 rings (SSSR count). The van der Waals surface area contributed by atoms with E-state index in [1.807, 2.05) is 0 Å². The molecule has 0 aliphatic rings. The number of benzene rings is 1. The molecule has 1 aromatic heterocycles. The molecule has 1 heterocycles. The highest BCUT2D eigenvalue weighted by molar-refractivity contribution is 7.80. The summed E-state index contributed by atoms with van der Waals surface area (Å²) in [5.74, 6) is -0.181. The third-order valence-corrected chi connectivity index (χ3v) is 2.70. The van der Waals surface area contributed by atoms with Crippen molar-refractivity contribution in [3.8, 4) is 0 Å². The van der Waals surface area contributed by atoms with Crippen LogP contribution in [0.4, 0.5) is 10.1 Å². The number of aryl methyl sites for hydroxylation is 1. The molecule has 104 valence electrons. The SMILES string of the molecule is Cc1occc1C(=O)NNC(=S)Nc1ccc(F)cc1. The molecule has 0 spiro atoms. The highest BCUT2D eigenvalue weighted by Gasteiger charge is 2.11. The van der Waals surface area contributed by atoms with Crippen LogP contribution in [0.25, 0.3) is 0 Å². The first-order valence-corrected chi connectivity index (χ1v) is 6.14. The van der Waals surface area contributed by atoms with Crippen molar-refractivity contribution >= 4 is 28.9 Å². The summed E-state index contributed by atoms with van der Waals surface area (Å²) >= 11 is 5.00. The van der Waals surface area contributed by atoms with Gasteiger partial charge in [0.2, 0.25) is 0 Å². The van der Waals surface area contributed by atoms with E-state index in [1.165, 1.54) is 30.5 Å². The largest absolute Gasteiger partial charge is 0.469 e. The average molecular weight is 293 g/mol. The number of carbonyl (C=O) groups is 1. The Labute approximate surface area is 120 Å². The first-order chi connectivity index (χ1) is 9.56. The quantitative estimate of drug-likeness (QED) is 0.586. The number of thiocarbonyl (C=S) groups is 1. The third kappa shape index (κ3) is 3.55. The number of amides is 1. The lowest BCUT2D eigenvalue weighted by atomic mass is 10.2. The second-order valence-corrected chi connectivity index (χ2v) is 4.34. The first kappa shape index (κ1) is 14.0. The minimum atomic E-state index is -0.362. The number of halogens is 1. The highest BCUT2D eigenvalue weighted by Crippen LogP contribution is 2.08. The van der Waals surface area contributed by atoms with Gasteiger partial charge in [-0.25, -0.2) is 4.39 Å². The van der Waals surface area contributed by atoms with Crippen LogP contribution in [0.5, 0.6) is 0 Å². The molecular weight excluding hydrogens is 281 g/mol. The molecule has 0 radical (unpaired) electrons. The van der Waals surface area contributed by atoms with Crippen molar-refractivity contribution in [3.63, 3.8) is 0 Å². The number of anilines is 1. The van der Waals surface area contributed by atoms with Gasteiger partial charge < -0.3 is 9.73 Å². The molecule has 20 heavy (non-hydrogen) atoms. The van der Waals surface area contributed by atoms with E-state index in [2.05, 4.69) is 16.2 Å². The summed E-state index contributed by atoms with van der Waals surface area (Å²) in [6, 6.07) is 7.23. The molecule has 0 aliphatic heterocycles. The van der Waals surface area contributed by atoms with E-state index in [-0.39, 0.29) is 16.8 Å². The van der Waals surface area contributed by atoms with E-state index in [4.69, 9.17) is 16.6 Å². The lowest BCUT2D eigenvalue weighted by Gasteiger charge is -2.11. The first-order valence-electron chi connectivity index (χ1n) is 5.73.